The Labute approximate surface area is 130 Å². The molecule has 2 heterocycles. The minimum absolute atomic E-state index is 0. The van der Waals surface area contributed by atoms with E-state index in [2.05, 4.69) is 20.5 Å². The SMILES string of the molecule is Cl.Cl.O=C(NCCCN1CCNCC1)c1cscn1. The van der Waals surface area contributed by atoms with Crippen LogP contribution in [0.4, 0.5) is 0 Å². The second-order valence-corrected chi connectivity index (χ2v) is 4.79. The summed E-state index contributed by atoms with van der Waals surface area (Å²) in [6.07, 6.45) is 0.996. The van der Waals surface area contributed by atoms with Crippen molar-refractivity contribution in [1.82, 2.24) is 20.5 Å². The monoisotopic (exact) mass is 326 g/mol. The number of nitrogens with zero attached hydrogens (tertiary/aromatic N) is 2. The molecule has 0 unspecified atom stereocenters. The molecule has 2 rings (SSSR count). The fourth-order valence-electron chi connectivity index (χ4n) is 1.85. The van der Waals surface area contributed by atoms with Crippen LogP contribution in [-0.4, -0.2) is 55.1 Å². The predicted molar refractivity (Wildman–Crippen MR) is 82.9 cm³/mol. The average molecular weight is 327 g/mol. The lowest BCUT2D eigenvalue weighted by Crippen LogP contribution is -2.44. The molecule has 1 aliphatic heterocycles. The lowest BCUT2D eigenvalue weighted by atomic mass is 10.3. The van der Waals surface area contributed by atoms with Crippen LogP contribution in [0, 0.1) is 0 Å². The van der Waals surface area contributed by atoms with Gasteiger partial charge in [0.15, 0.2) is 0 Å². The molecule has 0 atom stereocenters. The van der Waals surface area contributed by atoms with Crippen molar-refractivity contribution in [2.75, 3.05) is 39.3 Å². The molecule has 1 aliphatic rings. The lowest BCUT2D eigenvalue weighted by Gasteiger charge is -2.26. The summed E-state index contributed by atoms with van der Waals surface area (Å²) >= 11 is 1.44. The molecule has 2 N–H and O–H groups in total. The first-order valence-corrected chi connectivity index (χ1v) is 6.90. The Balaban J connectivity index is 0.00000162. The van der Waals surface area contributed by atoms with Gasteiger partial charge in [-0.25, -0.2) is 4.98 Å². The van der Waals surface area contributed by atoms with Gasteiger partial charge in [0.2, 0.25) is 0 Å². The summed E-state index contributed by atoms with van der Waals surface area (Å²) in [5, 5.41) is 7.98. The van der Waals surface area contributed by atoms with Crippen molar-refractivity contribution in [3.05, 3.63) is 16.6 Å². The van der Waals surface area contributed by atoms with Gasteiger partial charge >= 0.3 is 0 Å². The highest BCUT2D eigenvalue weighted by Crippen LogP contribution is 2.00. The standard InChI is InChI=1S/C11H18N4OS.2ClH/c16-11(10-8-17-9-14-10)13-2-1-5-15-6-3-12-4-7-15;;/h8-9,12H,1-7H2,(H,13,16);2*1H. The molecule has 1 saturated heterocycles. The van der Waals surface area contributed by atoms with Gasteiger partial charge in [0.05, 0.1) is 5.51 Å². The van der Waals surface area contributed by atoms with E-state index in [1.54, 1.807) is 10.9 Å². The number of carbonyl (C=O) groups is 1. The van der Waals surface area contributed by atoms with E-state index in [-0.39, 0.29) is 30.7 Å². The largest absolute Gasteiger partial charge is 0.351 e. The van der Waals surface area contributed by atoms with Crippen LogP contribution < -0.4 is 10.6 Å². The summed E-state index contributed by atoms with van der Waals surface area (Å²) in [5.41, 5.74) is 2.20. The summed E-state index contributed by atoms with van der Waals surface area (Å²) in [6.45, 7) is 6.15. The second kappa shape index (κ2) is 10.4. The van der Waals surface area contributed by atoms with E-state index >= 15 is 0 Å². The van der Waals surface area contributed by atoms with E-state index < -0.39 is 0 Å². The maximum Gasteiger partial charge on any atom is 0.270 e. The maximum atomic E-state index is 11.6. The quantitative estimate of drug-likeness (QED) is 0.793. The van der Waals surface area contributed by atoms with Crippen LogP contribution in [0.3, 0.4) is 0 Å². The Morgan fingerprint density at radius 1 is 1.42 bits per heavy atom. The van der Waals surface area contributed by atoms with E-state index in [0.717, 1.165) is 45.7 Å². The summed E-state index contributed by atoms with van der Waals surface area (Å²) in [6, 6.07) is 0. The maximum absolute atomic E-state index is 11.6. The molecule has 0 aromatic carbocycles. The number of aromatic nitrogens is 1. The highest BCUT2D eigenvalue weighted by Gasteiger charge is 2.09. The smallest absolute Gasteiger partial charge is 0.270 e. The fourth-order valence-corrected chi connectivity index (χ4v) is 2.39. The lowest BCUT2D eigenvalue weighted by molar-refractivity contribution is 0.0947. The normalized spacial score (nSPS) is 15.2. The van der Waals surface area contributed by atoms with Crippen LogP contribution in [0.2, 0.25) is 0 Å². The minimum atomic E-state index is -0.0634. The van der Waals surface area contributed by atoms with Gasteiger partial charge in [0.25, 0.3) is 5.91 Å². The number of hydrogen-bond acceptors (Lipinski definition) is 5. The fraction of sp³-hybridized carbons (Fsp3) is 0.636. The molecule has 19 heavy (non-hydrogen) atoms. The molecule has 110 valence electrons. The number of nitrogens with one attached hydrogen (secondary N) is 2. The Morgan fingerprint density at radius 2 is 2.16 bits per heavy atom. The van der Waals surface area contributed by atoms with Crippen molar-refractivity contribution >= 4 is 42.1 Å². The molecule has 1 aromatic heterocycles. The molecule has 0 saturated carbocycles. The third-order valence-electron chi connectivity index (χ3n) is 2.81. The molecular weight excluding hydrogens is 307 g/mol. The van der Waals surface area contributed by atoms with Gasteiger partial charge in [-0.15, -0.1) is 36.2 Å². The van der Waals surface area contributed by atoms with Crippen molar-refractivity contribution in [1.29, 1.82) is 0 Å². The van der Waals surface area contributed by atoms with Gasteiger partial charge in [-0.05, 0) is 13.0 Å². The minimum Gasteiger partial charge on any atom is -0.351 e. The summed E-state index contributed by atoms with van der Waals surface area (Å²) in [5.74, 6) is -0.0634. The Morgan fingerprint density at radius 3 is 2.79 bits per heavy atom. The molecule has 1 aromatic rings. The molecule has 5 nitrogen and oxygen atoms in total. The van der Waals surface area contributed by atoms with Crippen LogP contribution in [-0.2, 0) is 0 Å². The molecular formula is C11H20Cl2N4OS. The Hall–Kier alpha value is -0.400. The number of rotatable bonds is 5. The summed E-state index contributed by atoms with van der Waals surface area (Å²) < 4.78 is 0. The zero-order valence-corrected chi connectivity index (χ0v) is 13.1. The highest BCUT2D eigenvalue weighted by atomic mass is 35.5. The van der Waals surface area contributed by atoms with Crippen molar-refractivity contribution in [2.24, 2.45) is 0 Å². The number of hydrogen-bond donors (Lipinski definition) is 2. The van der Waals surface area contributed by atoms with Gasteiger partial charge in [-0.3, -0.25) is 4.79 Å². The third kappa shape index (κ3) is 6.54. The van der Waals surface area contributed by atoms with E-state index in [9.17, 15) is 4.79 Å². The third-order valence-corrected chi connectivity index (χ3v) is 3.40. The molecule has 1 amide bonds. The van der Waals surface area contributed by atoms with Gasteiger partial charge in [-0.1, -0.05) is 0 Å². The van der Waals surface area contributed by atoms with Gasteiger partial charge in [-0.2, -0.15) is 0 Å². The average Bonchev–Trinajstić information content (AvgIpc) is 2.89. The zero-order chi connectivity index (χ0) is 11.9. The van der Waals surface area contributed by atoms with Crippen LogP contribution >= 0.6 is 36.2 Å². The molecule has 1 fully saturated rings. The number of halogens is 2. The molecule has 0 aliphatic carbocycles. The summed E-state index contributed by atoms with van der Waals surface area (Å²) in [4.78, 5) is 18.0. The van der Waals surface area contributed by atoms with Crippen molar-refractivity contribution in [3.8, 4) is 0 Å². The first kappa shape index (κ1) is 18.6. The molecule has 0 bridgehead atoms. The second-order valence-electron chi connectivity index (χ2n) is 4.07. The molecule has 0 radical (unpaired) electrons. The van der Waals surface area contributed by atoms with E-state index in [1.807, 2.05) is 0 Å². The zero-order valence-electron chi connectivity index (χ0n) is 10.6. The van der Waals surface area contributed by atoms with Crippen molar-refractivity contribution in [3.63, 3.8) is 0 Å². The number of piperazine rings is 1. The number of thiazole rings is 1. The van der Waals surface area contributed by atoms with Gasteiger partial charge in [0, 0.05) is 38.1 Å². The number of carbonyl (C=O) groups excluding carboxylic acids is 1. The van der Waals surface area contributed by atoms with Gasteiger partial charge < -0.3 is 15.5 Å². The predicted octanol–water partition coefficient (Wildman–Crippen LogP) is 1.01. The first-order chi connectivity index (χ1) is 8.36. The molecule has 0 spiro atoms. The van der Waals surface area contributed by atoms with Crippen molar-refractivity contribution < 1.29 is 4.79 Å². The summed E-state index contributed by atoms with van der Waals surface area (Å²) in [7, 11) is 0. The van der Waals surface area contributed by atoms with E-state index in [1.165, 1.54) is 11.3 Å². The van der Waals surface area contributed by atoms with E-state index in [0.29, 0.717) is 5.69 Å². The Bertz CT molecular complexity index is 344. The molecule has 8 heteroatoms. The number of amides is 1. The first-order valence-electron chi connectivity index (χ1n) is 5.96. The van der Waals surface area contributed by atoms with Gasteiger partial charge in [0.1, 0.15) is 5.69 Å². The van der Waals surface area contributed by atoms with E-state index in [4.69, 9.17) is 0 Å². The van der Waals surface area contributed by atoms with Crippen LogP contribution in [0.15, 0.2) is 10.9 Å². The van der Waals surface area contributed by atoms with Crippen LogP contribution in [0.1, 0.15) is 16.9 Å². The van der Waals surface area contributed by atoms with Crippen LogP contribution in [0.25, 0.3) is 0 Å². The topological polar surface area (TPSA) is 57.3 Å². The highest BCUT2D eigenvalue weighted by molar-refractivity contribution is 7.07. The Kier molecular flexibility index (Phi) is 10.2. The van der Waals surface area contributed by atoms with Crippen LogP contribution in [0.5, 0.6) is 0 Å². The van der Waals surface area contributed by atoms with Crippen molar-refractivity contribution in [2.45, 2.75) is 6.42 Å².